The minimum Gasteiger partial charge on any atom is -0.492 e. The van der Waals surface area contributed by atoms with Gasteiger partial charge in [-0.3, -0.25) is 9.59 Å². The molecule has 3 atom stereocenters. The standard InChI is InChI=1S/C21H26ClNO4/c22-17-7-8-19-15(11-17)10-16(12-26-19)21(25)27-13-20(24)23-9-3-5-14-4-1-2-6-18(14)23/h7-8,11,14,16,18H,1-6,9-10,12-13H2/t14-,16+,18-/m0/s1. The SMILES string of the molecule is O=C(OCC(=O)N1CCC[C@@H]2CCCC[C@@H]21)[C@H]1COc2ccc(Cl)cc2C1. The highest BCUT2D eigenvalue weighted by Crippen LogP contribution is 2.35. The molecule has 0 unspecified atom stereocenters. The van der Waals surface area contributed by atoms with E-state index in [1.807, 2.05) is 17.0 Å². The molecule has 27 heavy (non-hydrogen) atoms. The minimum absolute atomic E-state index is 0.0554. The van der Waals surface area contributed by atoms with Gasteiger partial charge in [0.1, 0.15) is 12.4 Å². The number of piperidine rings is 1. The summed E-state index contributed by atoms with van der Waals surface area (Å²) < 4.78 is 11.0. The van der Waals surface area contributed by atoms with Crippen LogP contribution >= 0.6 is 11.6 Å². The Labute approximate surface area is 165 Å². The largest absolute Gasteiger partial charge is 0.492 e. The van der Waals surface area contributed by atoms with E-state index in [4.69, 9.17) is 21.1 Å². The molecule has 1 saturated heterocycles. The van der Waals surface area contributed by atoms with E-state index < -0.39 is 5.92 Å². The molecule has 0 radical (unpaired) electrons. The van der Waals surface area contributed by atoms with Crippen LogP contribution in [0.3, 0.4) is 0 Å². The number of ether oxygens (including phenoxy) is 2. The van der Waals surface area contributed by atoms with Crippen LogP contribution in [0.2, 0.25) is 5.02 Å². The van der Waals surface area contributed by atoms with Crippen LogP contribution in [-0.2, 0) is 20.7 Å². The highest BCUT2D eigenvalue weighted by Gasteiger charge is 2.36. The first-order chi connectivity index (χ1) is 13.1. The number of likely N-dealkylation sites (tertiary alicyclic amines) is 1. The maximum absolute atomic E-state index is 12.7. The summed E-state index contributed by atoms with van der Waals surface area (Å²) in [7, 11) is 0. The zero-order valence-corrected chi connectivity index (χ0v) is 16.2. The highest BCUT2D eigenvalue weighted by atomic mass is 35.5. The molecule has 0 aromatic heterocycles. The van der Waals surface area contributed by atoms with E-state index in [0.717, 1.165) is 30.7 Å². The van der Waals surface area contributed by atoms with Crippen LogP contribution in [0.5, 0.6) is 5.75 Å². The third kappa shape index (κ3) is 4.08. The first-order valence-electron chi connectivity index (χ1n) is 9.99. The fourth-order valence-corrected chi connectivity index (χ4v) is 4.98. The zero-order chi connectivity index (χ0) is 18.8. The van der Waals surface area contributed by atoms with Crippen molar-refractivity contribution in [3.05, 3.63) is 28.8 Å². The van der Waals surface area contributed by atoms with Crippen molar-refractivity contribution in [3.63, 3.8) is 0 Å². The van der Waals surface area contributed by atoms with Gasteiger partial charge in [-0.05, 0) is 61.8 Å². The van der Waals surface area contributed by atoms with Crippen molar-refractivity contribution in [2.75, 3.05) is 19.8 Å². The van der Waals surface area contributed by atoms with E-state index in [1.165, 1.54) is 25.7 Å². The molecule has 2 heterocycles. The molecule has 3 aliphatic rings. The fourth-order valence-electron chi connectivity index (χ4n) is 4.78. The Bertz CT molecular complexity index is 720. The molecule has 1 aliphatic carbocycles. The molecule has 1 aromatic rings. The summed E-state index contributed by atoms with van der Waals surface area (Å²) in [5.41, 5.74) is 0.906. The third-order valence-corrected chi connectivity index (χ3v) is 6.40. The predicted molar refractivity (Wildman–Crippen MR) is 102 cm³/mol. The molecule has 146 valence electrons. The maximum Gasteiger partial charge on any atom is 0.313 e. The molecule has 0 bridgehead atoms. The molecule has 5 nitrogen and oxygen atoms in total. The van der Waals surface area contributed by atoms with Gasteiger partial charge >= 0.3 is 5.97 Å². The lowest BCUT2D eigenvalue weighted by Crippen LogP contribution is -2.51. The van der Waals surface area contributed by atoms with Crippen LogP contribution in [0.1, 0.15) is 44.1 Å². The second-order valence-corrected chi connectivity index (χ2v) is 8.35. The summed E-state index contributed by atoms with van der Waals surface area (Å²) in [6, 6.07) is 5.75. The molecule has 0 spiro atoms. The van der Waals surface area contributed by atoms with Gasteiger partial charge in [0.05, 0.1) is 5.92 Å². The third-order valence-electron chi connectivity index (χ3n) is 6.16. The van der Waals surface area contributed by atoms with Gasteiger partial charge < -0.3 is 14.4 Å². The van der Waals surface area contributed by atoms with Crippen molar-refractivity contribution < 1.29 is 19.1 Å². The van der Waals surface area contributed by atoms with Gasteiger partial charge in [-0.1, -0.05) is 24.4 Å². The quantitative estimate of drug-likeness (QED) is 0.738. The monoisotopic (exact) mass is 391 g/mol. The fraction of sp³-hybridized carbons (Fsp3) is 0.619. The minimum atomic E-state index is -0.396. The smallest absolute Gasteiger partial charge is 0.313 e. The van der Waals surface area contributed by atoms with Crippen LogP contribution in [0.25, 0.3) is 0 Å². The summed E-state index contributed by atoms with van der Waals surface area (Å²) in [5, 5.41) is 0.619. The molecule has 4 rings (SSSR count). The Morgan fingerprint density at radius 1 is 1.19 bits per heavy atom. The van der Waals surface area contributed by atoms with Gasteiger partial charge in [0, 0.05) is 17.6 Å². The van der Waals surface area contributed by atoms with Crippen molar-refractivity contribution in [2.24, 2.45) is 11.8 Å². The Morgan fingerprint density at radius 3 is 2.89 bits per heavy atom. The Hall–Kier alpha value is -1.75. The second-order valence-electron chi connectivity index (χ2n) is 7.91. The summed E-state index contributed by atoms with van der Waals surface area (Å²) >= 11 is 6.03. The normalized spacial score (nSPS) is 27.1. The van der Waals surface area contributed by atoms with Gasteiger partial charge in [-0.15, -0.1) is 0 Å². The Morgan fingerprint density at radius 2 is 2.00 bits per heavy atom. The van der Waals surface area contributed by atoms with Crippen molar-refractivity contribution in [2.45, 2.75) is 51.0 Å². The van der Waals surface area contributed by atoms with Crippen molar-refractivity contribution in [1.82, 2.24) is 4.90 Å². The number of amides is 1. The van der Waals surface area contributed by atoms with Crippen LogP contribution in [0, 0.1) is 11.8 Å². The lowest BCUT2D eigenvalue weighted by atomic mass is 9.78. The van der Waals surface area contributed by atoms with Gasteiger partial charge in [0.25, 0.3) is 5.91 Å². The zero-order valence-electron chi connectivity index (χ0n) is 15.5. The summed E-state index contributed by atoms with van der Waals surface area (Å²) in [5.74, 6) is 0.565. The van der Waals surface area contributed by atoms with Gasteiger partial charge in [0.2, 0.25) is 0 Å². The molecule has 2 aliphatic heterocycles. The van der Waals surface area contributed by atoms with Crippen LogP contribution in [0.4, 0.5) is 0 Å². The molecule has 2 fully saturated rings. The number of hydrogen-bond acceptors (Lipinski definition) is 4. The molecule has 0 N–H and O–H groups in total. The van der Waals surface area contributed by atoms with Crippen LogP contribution in [0.15, 0.2) is 18.2 Å². The van der Waals surface area contributed by atoms with Gasteiger partial charge in [-0.2, -0.15) is 0 Å². The van der Waals surface area contributed by atoms with E-state index in [-0.39, 0.29) is 25.1 Å². The first kappa shape index (κ1) is 18.6. The number of hydrogen-bond donors (Lipinski definition) is 0. The first-order valence-corrected chi connectivity index (χ1v) is 10.4. The molecule has 6 heteroatoms. The van der Waals surface area contributed by atoms with Crippen molar-refractivity contribution >= 4 is 23.5 Å². The Balaban J connectivity index is 1.32. The highest BCUT2D eigenvalue weighted by molar-refractivity contribution is 6.30. The average Bonchev–Trinajstić information content (AvgIpc) is 2.70. The summed E-state index contributed by atoms with van der Waals surface area (Å²) in [4.78, 5) is 27.1. The predicted octanol–water partition coefficient (Wildman–Crippen LogP) is 3.62. The van der Waals surface area contributed by atoms with E-state index in [0.29, 0.717) is 23.4 Å². The van der Waals surface area contributed by atoms with E-state index in [2.05, 4.69) is 0 Å². The number of fused-ring (bicyclic) bond motifs is 2. The summed E-state index contributed by atoms with van der Waals surface area (Å²) in [6.45, 7) is 0.896. The average molecular weight is 392 g/mol. The van der Waals surface area contributed by atoms with Crippen LogP contribution in [-0.4, -0.2) is 42.6 Å². The van der Waals surface area contributed by atoms with E-state index in [1.54, 1.807) is 6.07 Å². The van der Waals surface area contributed by atoms with Gasteiger partial charge in [0.15, 0.2) is 6.61 Å². The number of nitrogens with zero attached hydrogens (tertiary/aromatic N) is 1. The number of carbonyl (C=O) groups excluding carboxylic acids is 2. The summed E-state index contributed by atoms with van der Waals surface area (Å²) in [6.07, 6.45) is 7.55. The topological polar surface area (TPSA) is 55.8 Å². The number of rotatable bonds is 3. The second kappa shape index (κ2) is 8.09. The lowest BCUT2D eigenvalue weighted by molar-refractivity contribution is -0.158. The molecule has 1 amide bonds. The Kier molecular flexibility index (Phi) is 5.58. The van der Waals surface area contributed by atoms with Gasteiger partial charge in [-0.25, -0.2) is 0 Å². The van der Waals surface area contributed by atoms with Crippen molar-refractivity contribution in [1.29, 1.82) is 0 Å². The van der Waals surface area contributed by atoms with E-state index >= 15 is 0 Å². The number of esters is 1. The van der Waals surface area contributed by atoms with Crippen LogP contribution < -0.4 is 4.74 Å². The number of halogens is 1. The number of carbonyl (C=O) groups is 2. The van der Waals surface area contributed by atoms with E-state index in [9.17, 15) is 9.59 Å². The van der Waals surface area contributed by atoms with Crippen molar-refractivity contribution in [3.8, 4) is 5.75 Å². The molecular formula is C21H26ClNO4. The molecule has 1 saturated carbocycles. The molecular weight excluding hydrogens is 366 g/mol. The lowest BCUT2D eigenvalue weighted by Gasteiger charge is -2.44. The molecule has 1 aromatic carbocycles. The number of benzene rings is 1. The maximum atomic E-state index is 12.7.